The zero-order valence-corrected chi connectivity index (χ0v) is 12.7. The molecule has 5 heteroatoms. The van der Waals surface area contributed by atoms with Gasteiger partial charge in [-0.25, -0.2) is 8.78 Å². The third kappa shape index (κ3) is 3.64. The van der Waals surface area contributed by atoms with E-state index in [9.17, 15) is 13.6 Å². The van der Waals surface area contributed by atoms with Crippen LogP contribution in [0.5, 0.6) is 0 Å². The summed E-state index contributed by atoms with van der Waals surface area (Å²) in [5.74, 6) is -0.462. The molecule has 2 fully saturated rings. The highest BCUT2D eigenvalue weighted by molar-refractivity contribution is 5.92. The predicted octanol–water partition coefficient (Wildman–Crippen LogP) is 3.42. The first-order chi connectivity index (χ1) is 10.6. The Balaban J connectivity index is 1.52. The summed E-state index contributed by atoms with van der Waals surface area (Å²) in [4.78, 5) is 14.3. The molecule has 0 radical (unpaired) electrons. The van der Waals surface area contributed by atoms with E-state index in [2.05, 4.69) is 10.2 Å². The van der Waals surface area contributed by atoms with Crippen LogP contribution in [0.3, 0.4) is 0 Å². The van der Waals surface area contributed by atoms with Crippen molar-refractivity contribution in [2.75, 3.05) is 25.0 Å². The van der Waals surface area contributed by atoms with Gasteiger partial charge in [0.2, 0.25) is 5.91 Å². The highest BCUT2D eigenvalue weighted by Crippen LogP contribution is 2.35. The number of nitrogens with zero attached hydrogens (tertiary/aromatic N) is 1. The summed E-state index contributed by atoms with van der Waals surface area (Å²) in [6.07, 6.45) is 6.42. The van der Waals surface area contributed by atoms with Crippen LogP contribution < -0.4 is 5.32 Å². The second-order valence-corrected chi connectivity index (χ2v) is 6.51. The maximum Gasteiger partial charge on any atom is 0.238 e. The first-order valence-electron chi connectivity index (χ1n) is 8.09. The number of halogens is 2. The molecule has 120 valence electrons. The molecule has 1 aliphatic carbocycles. The van der Waals surface area contributed by atoms with Crippen molar-refractivity contribution in [3.63, 3.8) is 0 Å². The number of likely N-dealkylation sites (tertiary alicyclic amines) is 1. The zero-order chi connectivity index (χ0) is 15.5. The maximum absolute atomic E-state index is 13.1. The molecular formula is C17H22F2N2O. The number of hydrogen-bond acceptors (Lipinski definition) is 2. The molecule has 1 heterocycles. The smallest absolute Gasteiger partial charge is 0.238 e. The lowest BCUT2D eigenvalue weighted by atomic mass is 9.75. The summed E-state index contributed by atoms with van der Waals surface area (Å²) in [5.41, 5.74) is 0.302. The van der Waals surface area contributed by atoms with Crippen molar-refractivity contribution in [2.45, 2.75) is 32.1 Å². The number of carbonyl (C=O) groups is 1. The van der Waals surface area contributed by atoms with Crippen LogP contribution in [0.1, 0.15) is 32.1 Å². The molecule has 1 saturated carbocycles. The van der Waals surface area contributed by atoms with E-state index in [1.165, 1.54) is 38.2 Å². The molecule has 1 saturated heterocycles. The largest absolute Gasteiger partial charge is 0.325 e. The minimum Gasteiger partial charge on any atom is -0.325 e. The number of rotatable bonds is 3. The van der Waals surface area contributed by atoms with Crippen molar-refractivity contribution in [2.24, 2.45) is 11.8 Å². The van der Waals surface area contributed by atoms with Crippen molar-refractivity contribution in [1.82, 2.24) is 4.90 Å². The lowest BCUT2D eigenvalue weighted by Gasteiger charge is -2.41. The Labute approximate surface area is 129 Å². The molecule has 1 aliphatic heterocycles. The minimum absolute atomic E-state index is 0.166. The number of amides is 1. The quantitative estimate of drug-likeness (QED) is 0.928. The van der Waals surface area contributed by atoms with Gasteiger partial charge in [-0.3, -0.25) is 9.69 Å². The Morgan fingerprint density at radius 2 is 1.91 bits per heavy atom. The molecule has 0 aromatic heterocycles. The monoisotopic (exact) mass is 308 g/mol. The fourth-order valence-corrected chi connectivity index (χ4v) is 3.80. The van der Waals surface area contributed by atoms with Crippen molar-refractivity contribution in [3.05, 3.63) is 29.8 Å². The van der Waals surface area contributed by atoms with Gasteiger partial charge in [0.05, 0.1) is 6.54 Å². The van der Waals surface area contributed by atoms with E-state index >= 15 is 0 Å². The van der Waals surface area contributed by atoms with E-state index in [-0.39, 0.29) is 5.91 Å². The molecular weight excluding hydrogens is 286 g/mol. The second-order valence-electron chi connectivity index (χ2n) is 6.51. The lowest BCUT2D eigenvalue weighted by Crippen LogP contribution is -2.44. The Kier molecular flexibility index (Phi) is 4.71. The molecule has 2 aliphatic rings. The van der Waals surface area contributed by atoms with E-state index in [0.29, 0.717) is 12.2 Å². The molecule has 1 amide bonds. The Morgan fingerprint density at radius 1 is 1.14 bits per heavy atom. The van der Waals surface area contributed by atoms with Gasteiger partial charge in [0, 0.05) is 18.3 Å². The summed E-state index contributed by atoms with van der Waals surface area (Å²) in [7, 11) is 0. The van der Waals surface area contributed by atoms with Crippen molar-refractivity contribution >= 4 is 11.6 Å². The van der Waals surface area contributed by atoms with Crippen molar-refractivity contribution in [3.8, 4) is 0 Å². The average molecular weight is 308 g/mol. The lowest BCUT2D eigenvalue weighted by molar-refractivity contribution is -0.118. The third-order valence-electron chi connectivity index (χ3n) is 4.95. The summed E-state index contributed by atoms with van der Waals surface area (Å²) >= 11 is 0. The Hall–Kier alpha value is -1.49. The third-order valence-corrected chi connectivity index (χ3v) is 4.95. The highest BCUT2D eigenvalue weighted by atomic mass is 19.2. The van der Waals surface area contributed by atoms with Gasteiger partial charge in [0.1, 0.15) is 0 Å². The van der Waals surface area contributed by atoms with Gasteiger partial charge in [-0.15, -0.1) is 0 Å². The Morgan fingerprint density at radius 3 is 2.68 bits per heavy atom. The van der Waals surface area contributed by atoms with Crippen LogP contribution >= 0.6 is 0 Å². The number of hydrogen-bond donors (Lipinski definition) is 1. The van der Waals surface area contributed by atoms with E-state index < -0.39 is 11.6 Å². The molecule has 1 aromatic rings. The minimum atomic E-state index is -0.944. The van der Waals surface area contributed by atoms with Crippen LogP contribution in [0.4, 0.5) is 14.5 Å². The second kappa shape index (κ2) is 6.73. The van der Waals surface area contributed by atoms with E-state index in [4.69, 9.17) is 0 Å². The summed E-state index contributed by atoms with van der Waals surface area (Å²) in [6.45, 7) is 2.25. The van der Waals surface area contributed by atoms with Gasteiger partial charge in [0.15, 0.2) is 11.6 Å². The van der Waals surface area contributed by atoms with Gasteiger partial charge in [-0.05, 0) is 43.4 Å². The molecule has 0 bridgehead atoms. The molecule has 1 N–H and O–H groups in total. The maximum atomic E-state index is 13.1. The number of carbonyl (C=O) groups excluding carboxylic acids is 1. The van der Waals surface area contributed by atoms with E-state index in [1.54, 1.807) is 0 Å². The standard InChI is InChI=1S/C17H22F2N2O/c18-15-6-5-14(9-16(15)19)20-17(22)11-21-8-7-12-3-1-2-4-13(12)10-21/h5-6,9,12-13H,1-4,7-8,10-11H2,(H,20,22). The predicted molar refractivity (Wildman–Crippen MR) is 81.5 cm³/mol. The average Bonchev–Trinajstić information content (AvgIpc) is 2.51. The van der Waals surface area contributed by atoms with Crippen molar-refractivity contribution in [1.29, 1.82) is 0 Å². The number of fused-ring (bicyclic) bond motifs is 1. The number of benzene rings is 1. The van der Waals surface area contributed by atoms with Crippen LogP contribution in [0.2, 0.25) is 0 Å². The molecule has 0 spiro atoms. The van der Waals surface area contributed by atoms with Gasteiger partial charge < -0.3 is 5.32 Å². The number of anilines is 1. The topological polar surface area (TPSA) is 32.3 Å². The SMILES string of the molecule is O=C(CN1CCC2CCCCC2C1)Nc1ccc(F)c(F)c1. The van der Waals surface area contributed by atoms with Crippen LogP contribution in [0, 0.1) is 23.5 Å². The molecule has 3 rings (SSSR count). The van der Waals surface area contributed by atoms with Crippen molar-refractivity contribution < 1.29 is 13.6 Å². The van der Waals surface area contributed by atoms with Gasteiger partial charge in [-0.2, -0.15) is 0 Å². The molecule has 2 unspecified atom stereocenters. The van der Waals surface area contributed by atoms with Gasteiger partial charge in [0.25, 0.3) is 0 Å². The first-order valence-corrected chi connectivity index (χ1v) is 8.09. The zero-order valence-electron chi connectivity index (χ0n) is 12.7. The van der Waals surface area contributed by atoms with E-state index in [0.717, 1.165) is 37.1 Å². The fourth-order valence-electron chi connectivity index (χ4n) is 3.80. The number of piperidine rings is 1. The number of nitrogens with one attached hydrogen (secondary N) is 1. The molecule has 22 heavy (non-hydrogen) atoms. The summed E-state index contributed by atoms with van der Waals surface area (Å²) in [5, 5.41) is 2.64. The fraction of sp³-hybridized carbons (Fsp3) is 0.588. The highest BCUT2D eigenvalue weighted by Gasteiger charge is 2.31. The van der Waals surface area contributed by atoms with Gasteiger partial charge in [-0.1, -0.05) is 19.3 Å². The molecule has 2 atom stereocenters. The Bertz CT molecular complexity index is 549. The molecule has 1 aromatic carbocycles. The van der Waals surface area contributed by atoms with Crippen LogP contribution in [0.15, 0.2) is 18.2 Å². The van der Waals surface area contributed by atoms with Crippen LogP contribution in [-0.4, -0.2) is 30.4 Å². The van der Waals surface area contributed by atoms with Crippen LogP contribution in [0.25, 0.3) is 0 Å². The van der Waals surface area contributed by atoms with E-state index in [1.807, 2.05) is 0 Å². The van der Waals surface area contributed by atoms with Crippen LogP contribution in [-0.2, 0) is 4.79 Å². The summed E-state index contributed by atoms with van der Waals surface area (Å²) in [6, 6.07) is 3.42. The van der Waals surface area contributed by atoms with Gasteiger partial charge >= 0.3 is 0 Å². The summed E-state index contributed by atoms with van der Waals surface area (Å²) < 4.78 is 26.0. The first kappa shape index (κ1) is 15.4. The normalized spacial score (nSPS) is 25.5. The molecule has 3 nitrogen and oxygen atoms in total.